The summed E-state index contributed by atoms with van der Waals surface area (Å²) in [5.74, 6) is -3.35. The maximum atomic E-state index is 12.4. The van der Waals surface area contributed by atoms with Crippen LogP contribution in [-0.4, -0.2) is 51.1 Å². The molecule has 0 unspecified atom stereocenters. The van der Waals surface area contributed by atoms with Gasteiger partial charge in [0.2, 0.25) is 0 Å². The van der Waals surface area contributed by atoms with Gasteiger partial charge in [0.25, 0.3) is 0 Å². The van der Waals surface area contributed by atoms with Crippen LogP contribution in [0.15, 0.2) is 158 Å². The maximum Gasteiger partial charge on any atom is 0.135 e. The van der Waals surface area contributed by atoms with E-state index in [0.29, 0.717) is 67.1 Å². The molecule has 13 heteroatoms. The van der Waals surface area contributed by atoms with Crippen molar-refractivity contribution in [1.29, 1.82) is 0 Å². The molecule has 11 rings (SSSR count). The third kappa shape index (κ3) is 7.68. The van der Waals surface area contributed by atoms with E-state index in [1.165, 1.54) is 97.1 Å². The van der Waals surface area contributed by atoms with E-state index in [9.17, 15) is 51.1 Å². The highest BCUT2D eigenvalue weighted by Crippen LogP contribution is 2.64. The van der Waals surface area contributed by atoms with Crippen LogP contribution in [0.3, 0.4) is 0 Å². The third-order valence-corrected chi connectivity index (χ3v) is 13.6. The second kappa shape index (κ2) is 16.6. The Labute approximate surface area is 394 Å². The average Bonchev–Trinajstić information content (AvgIpc) is 4.00. The fourth-order valence-electron chi connectivity index (χ4n) is 10.6. The summed E-state index contributed by atoms with van der Waals surface area (Å²) in [5, 5.41) is 109. The Morgan fingerprint density at radius 2 is 0.551 bits per heavy atom. The molecule has 346 valence electrons. The van der Waals surface area contributed by atoms with Crippen molar-refractivity contribution in [3.8, 4) is 69.0 Å². The van der Waals surface area contributed by atoms with Crippen LogP contribution in [0.4, 0.5) is 0 Å². The van der Waals surface area contributed by atoms with Crippen molar-refractivity contribution >= 4 is 0 Å². The van der Waals surface area contributed by atoms with Crippen molar-refractivity contribution in [3.63, 3.8) is 0 Å². The molecular formula is C56H44O13. The molecule has 0 aliphatic carbocycles. The number of benzene rings is 8. The van der Waals surface area contributed by atoms with Crippen LogP contribution >= 0.6 is 0 Å². The van der Waals surface area contributed by atoms with Gasteiger partial charge in [-0.3, -0.25) is 0 Å². The summed E-state index contributed by atoms with van der Waals surface area (Å²) in [5.41, 5.74) is 5.54. The highest BCUT2D eigenvalue weighted by Gasteiger charge is 2.51. The molecule has 1 fully saturated rings. The van der Waals surface area contributed by atoms with Gasteiger partial charge in [0.15, 0.2) is 0 Å². The summed E-state index contributed by atoms with van der Waals surface area (Å²) >= 11 is 0. The summed E-state index contributed by atoms with van der Waals surface area (Å²) in [6.07, 6.45) is -3.24. The van der Waals surface area contributed by atoms with E-state index in [4.69, 9.17) is 14.2 Å². The molecule has 3 aliphatic rings. The molecule has 0 saturated carbocycles. The zero-order valence-corrected chi connectivity index (χ0v) is 36.3. The van der Waals surface area contributed by atoms with Crippen LogP contribution in [0.2, 0.25) is 0 Å². The third-order valence-electron chi connectivity index (χ3n) is 13.6. The fraction of sp³-hybridized carbons (Fsp3) is 0.143. The Bertz CT molecular complexity index is 2990. The molecule has 0 spiro atoms. The van der Waals surface area contributed by atoms with Gasteiger partial charge < -0.3 is 65.3 Å². The van der Waals surface area contributed by atoms with E-state index in [2.05, 4.69) is 0 Å². The van der Waals surface area contributed by atoms with E-state index >= 15 is 0 Å². The van der Waals surface area contributed by atoms with Crippen LogP contribution in [0.25, 0.3) is 0 Å². The van der Waals surface area contributed by atoms with Gasteiger partial charge in [0.05, 0.1) is 24.0 Å². The van der Waals surface area contributed by atoms with Gasteiger partial charge in [0, 0.05) is 58.4 Å². The van der Waals surface area contributed by atoms with Crippen molar-refractivity contribution in [2.75, 3.05) is 0 Å². The molecule has 1 saturated heterocycles. The highest BCUT2D eigenvalue weighted by molar-refractivity contribution is 5.62. The molecule has 8 aromatic carbocycles. The van der Waals surface area contributed by atoms with Crippen LogP contribution in [0, 0.1) is 0 Å². The lowest BCUT2D eigenvalue weighted by Crippen LogP contribution is -2.16. The first kappa shape index (κ1) is 42.9. The van der Waals surface area contributed by atoms with Gasteiger partial charge in [-0.15, -0.1) is 0 Å². The largest absolute Gasteiger partial charge is 0.508 e. The summed E-state index contributed by atoms with van der Waals surface area (Å²) < 4.78 is 20.4. The number of hydrogen-bond donors (Lipinski definition) is 10. The highest BCUT2D eigenvalue weighted by atomic mass is 16.5. The number of phenols is 10. The van der Waals surface area contributed by atoms with Crippen LogP contribution in [0.1, 0.15) is 104 Å². The second-order valence-corrected chi connectivity index (χ2v) is 17.9. The maximum absolute atomic E-state index is 12.4. The van der Waals surface area contributed by atoms with Crippen LogP contribution < -0.4 is 9.47 Å². The first-order valence-electron chi connectivity index (χ1n) is 22.2. The molecule has 0 aromatic heterocycles. The molecule has 69 heavy (non-hydrogen) atoms. The SMILES string of the molecule is Oc1ccc([C@H]2Oc3cc(O)c([C@@H]4[C@@H](c5cc6c(cc5O)O[C@H](c5ccc(O)cc5)[C@H]6c5cc(O)cc(O)c5)[C@H](c5ccc(O)cc5)O[C@@H]4c4ccc(O)cc4)cc3[C@@H]2c2cc(O)cc(O)c2)cc1. The fourth-order valence-corrected chi connectivity index (χ4v) is 10.6. The van der Waals surface area contributed by atoms with Crippen molar-refractivity contribution in [1.82, 2.24) is 0 Å². The Morgan fingerprint density at radius 1 is 0.261 bits per heavy atom. The first-order valence-corrected chi connectivity index (χ1v) is 22.2. The van der Waals surface area contributed by atoms with E-state index in [-0.39, 0.29) is 57.5 Å². The predicted octanol–water partition coefficient (Wildman–Crippen LogP) is 10.7. The lowest BCUT2D eigenvalue weighted by molar-refractivity contribution is 0.0364. The smallest absolute Gasteiger partial charge is 0.135 e. The Kier molecular flexibility index (Phi) is 10.3. The van der Waals surface area contributed by atoms with Gasteiger partial charge in [0.1, 0.15) is 81.2 Å². The topological polar surface area (TPSA) is 230 Å². The van der Waals surface area contributed by atoms with E-state index in [1.54, 1.807) is 48.5 Å². The predicted molar refractivity (Wildman–Crippen MR) is 251 cm³/mol. The quantitative estimate of drug-likeness (QED) is 0.0685. The van der Waals surface area contributed by atoms with E-state index < -0.39 is 48.1 Å². The molecule has 13 nitrogen and oxygen atoms in total. The molecule has 8 aromatic rings. The Balaban J connectivity index is 1.14. The van der Waals surface area contributed by atoms with Crippen LogP contribution in [0.5, 0.6) is 69.0 Å². The van der Waals surface area contributed by atoms with Gasteiger partial charge >= 0.3 is 0 Å². The minimum atomic E-state index is -0.871. The zero-order valence-electron chi connectivity index (χ0n) is 36.3. The first-order chi connectivity index (χ1) is 33.3. The van der Waals surface area contributed by atoms with E-state index in [0.717, 1.165) is 0 Å². The number of fused-ring (bicyclic) bond motifs is 2. The molecular weight excluding hydrogens is 881 g/mol. The molecule has 0 amide bonds. The number of rotatable bonds is 8. The van der Waals surface area contributed by atoms with Gasteiger partial charge in [-0.1, -0.05) is 48.5 Å². The number of phenolic OH excluding ortho intramolecular Hbond substituents is 10. The molecule has 0 bridgehead atoms. The molecule has 10 N–H and O–H groups in total. The minimum absolute atomic E-state index is 0.0124. The van der Waals surface area contributed by atoms with Gasteiger partial charge in [-0.05, 0) is 118 Å². The lowest BCUT2D eigenvalue weighted by Gasteiger charge is -2.28. The van der Waals surface area contributed by atoms with Crippen molar-refractivity contribution in [2.24, 2.45) is 0 Å². The van der Waals surface area contributed by atoms with Crippen molar-refractivity contribution < 1.29 is 65.3 Å². The minimum Gasteiger partial charge on any atom is -0.508 e. The summed E-state index contributed by atoms with van der Waals surface area (Å²) in [6.45, 7) is 0. The van der Waals surface area contributed by atoms with Gasteiger partial charge in [-0.2, -0.15) is 0 Å². The zero-order chi connectivity index (χ0) is 47.8. The number of aromatic hydroxyl groups is 10. The molecule has 3 aliphatic heterocycles. The number of hydrogen-bond acceptors (Lipinski definition) is 13. The standard InChI is InChI=1S/C56H44O13/c57-33-9-1-27(2-10-33)53-49(31-17-37(61)21-38(62)18-31)43-23-41(45(65)25-47(43)67-53)51-52(56(30-7-15-36(60)16-8-30)69-55(51)29-5-13-35(59)14-6-29)42-24-44-48(26-46(42)66)68-54(28-3-11-34(58)12-4-28)50(44)32-19-39(63)22-40(64)20-32/h1-26,49-66H/t49-,50-,51+,52+,53+,54+,55-,56+/m0/s1. The Hall–Kier alpha value is -8.68. The second-order valence-electron chi connectivity index (χ2n) is 17.9. The summed E-state index contributed by atoms with van der Waals surface area (Å²) in [6, 6.07) is 41.2. The summed E-state index contributed by atoms with van der Waals surface area (Å²) in [7, 11) is 0. The Morgan fingerprint density at radius 3 is 0.855 bits per heavy atom. The van der Waals surface area contributed by atoms with E-state index in [1.807, 2.05) is 12.1 Å². The monoisotopic (exact) mass is 924 g/mol. The molecule has 0 radical (unpaired) electrons. The summed E-state index contributed by atoms with van der Waals surface area (Å²) in [4.78, 5) is 0. The normalized spacial score (nSPS) is 22.4. The van der Waals surface area contributed by atoms with Gasteiger partial charge in [-0.25, -0.2) is 0 Å². The van der Waals surface area contributed by atoms with Crippen LogP contribution in [-0.2, 0) is 4.74 Å². The molecule has 8 atom stereocenters. The molecule has 3 heterocycles. The van der Waals surface area contributed by atoms with Crippen molar-refractivity contribution in [3.05, 3.63) is 213 Å². The number of ether oxygens (including phenoxy) is 3. The average molecular weight is 925 g/mol. The van der Waals surface area contributed by atoms with Crippen molar-refractivity contribution in [2.45, 2.75) is 48.1 Å². The lowest BCUT2D eigenvalue weighted by atomic mass is 9.72.